The van der Waals surface area contributed by atoms with Crippen molar-refractivity contribution in [3.8, 4) is 23.0 Å². The normalized spacial score (nSPS) is 16.8. The van der Waals surface area contributed by atoms with E-state index in [-0.39, 0.29) is 29.0 Å². The number of phenols is 1. The zero-order valence-corrected chi connectivity index (χ0v) is 25.3. The SMILES string of the molecule is CCCCOc1ccc(OCCCN2CCOCC2)cc1.Cc1cc(=O)c2c(O)c3c(cc2o1)OCC(C)CC3.Cl. The second-order valence-electron chi connectivity index (χ2n) is 10.6. The maximum Gasteiger partial charge on any atom is 0.196 e. The number of benzene rings is 2. The molecule has 5 rings (SSSR count). The Kier molecular flexibility index (Phi) is 13.1. The highest BCUT2D eigenvalue weighted by molar-refractivity contribution is 5.87. The molecule has 8 nitrogen and oxygen atoms in total. The molecule has 1 aromatic heterocycles. The van der Waals surface area contributed by atoms with Crippen LogP contribution in [0.2, 0.25) is 0 Å². The molecular formula is C32H44ClNO7. The summed E-state index contributed by atoms with van der Waals surface area (Å²) in [7, 11) is 0. The largest absolute Gasteiger partial charge is 0.507 e. The van der Waals surface area contributed by atoms with Crippen molar-refractivity contribution < 1.29 is 28.5 Å². The Hall–Kier alpha value is -2.94. The lowest BCUT2D eigenvalue weighted by Gasteiger charge is -2.26. The highest BCUT2D eigenvalue weighted by Gasteiger charge is 2.21. The highest BCUT2D eigenvalue weighted by atomic mass is 35.5. The molecule has 41 heavy (non-hydrogen) atoms. The van der Waals surface area contributed by atoms with Crippen molar-refractivity contribution in [2.75, 3.05) is 52.7 Å². The Bertz CT molecular complexity index is 1270. The Balaban J connectivity index is 0.000000221. The van der Waals surface area contributed by atoms with Gasteiger partial charge in [-0.05, 0) is 62.8 Å². The first kappa shape index (κ1) is 32.6. The fourth-order valence-electron chi connectivity index (χ4n) is 4.79. The molecule has 1 atom stereocenters. The van der Waals surface area contributed by atoms with Crippen molar-refractivity contribution in [1.82, 2.24) is 4.90 Å². The third kappa shape index (κ3) is 9.55. The van der Waals surface area contributed by atoms with Crippen LogP contribution in [0.5, 0.6) is 23.0 Å². The summed E-state index contributed by atoms with van der Waals surface area (Å²) in [6.07, 6.45) is 4.95. The molecule has 0 bridgehead atoms. The van der Waals surface area contributed by atoms with Gasteiger partial charge in [-0.1, -0.05) is 20.3 Å². The van der Waals surface area contributed by atoms with Crippen LogP contribution in [0.3, 0.4) is 0 Å². The van der Waals surface area contributed by atoms with Gasteiger partial charge in [-0.15, -0.1) is 12.4 Å². The summed E-state index contributed by atoms with van der Waals surface area (Å²) in [5, 5.41) is 10.6. The van der Waals surface area contributed by atoms with E-state index in [2.05, 4.69) is 18.7 Å². The Labute approximate surface area is 248 Å². The van der Waals surface area contributed by atoms with Gasteiger partial charge in [0.25, 0.3) is 0 Å². The predicted molar refractivity (Wildman–Crippen MR) is 163 cm³/mol. The molecule has 0 aliphatic carbocycles. The summed E-state index contributed by atoms with van der Waals surface area (Å²) in [6, 6.07) is 11.0. The Morgan fingerprint density at radius 1 is 1.02 bits per heavy atom. The zero-order valence-electron chi connectivity index (χ0n) is 24.5. The lowest BCUT2D eigenvalue weighted by atomic mass is 10.00. The molecule has 1 saturated heterocycles. The molecule has 1 N–H and O–H groups in total. The molecule has 2 aliphatic rings. The van der Waals surface area contributed by atoms with Crippen LogP contribution in [0, 0.1) is 12.8 Å². The quantitative estimate of drug-likeness (QED) is 0.297. The minimum atomic E-state index is -0.212. The summed E-state index contributed by atoms with van der Waals surface area (Å²) >= 11 is 0. The van der Waals surface area contributed by atoms with Gasteiger partial charge in [0.2, 0.25) is 0 Å². The zero-order chi connectivity index (χ0) is 28.3. The summed E-state index contributed by atoms with van der Waals surface area (Å²) in [5.74, 6) is 3.43. The third-order valence-corrected chi connectivity index (χ3v) is 7.17. The van der Waals surface area contributed by atoms with Crippen molar-refractivity contribution in [3.05, 3.63) is 57.9 Å². The highest BCUT2D eigenvalue weighted by Crippen LogP contribution is 2.38. The molecule has 9 heteroatoms. The topological polar surface area (TPSA) is 90.6 Å². The van der Waals surface area contributed by atoms with Crippen molar-refractivity contribution in [3.63, 3.8) is 0 Å². The molecule has 1 fully saturated rings. The maximum atomic E-state index is 12.0. The summed E-state index contributed by atoms with van der Waals surface area (Å²) < 4.78 is 28.0. The summed E-state index contributed by atoms with van der Waals surface area (Å²) in [6.45, 7) is 13.0. The van der Waals surface area contributed by atoms with E-state index in [0.29, 0.717) is 41.6 Å². The number of rotatable bonds is 9. The number of hydrogen-bond donors (Lipinski definition) is 1. The molecule has 2 aliphatic heterocycles. The van der Waals surface area contributed by atoms with Crippen molar-refractivity contribution >= 4 is 23.4 Å². The van der Waals surface area contributed by atoms with Crippen LogP contribution in [0.25, 0.3) is 11.0 Å². The van der Waals surface area contributed by atoms with Crippen LogP contribution in [0.15, 0.2) is 45.6 Å². The van der Waals surface area contributed by atoms with E-state index in [4.69, 9.17) is 23.4 Å². The standard InChI is InChI=1S/C17H27NO3.C15H16O4.ClH/c1-2-3-12-20-16-5-7-17(8-6-16)21-13-4-9-18-10-14-19-15-11-18;1-8-3-4-10-12(18-7-8)6-13-14(15(10)17)11(16)5-9(2)19-13;/h5-8H,2-4,9-15H2,1H3;5-6,8,17H,3-4,7H2,1-2H3;1H. The van der Waals surface area contributed by atoms with Crippen LogP contribution >= 0.6 is 12.4 Å². The molecule has 226 valence electrons. The number of morpholine rings is 1. The third-order valence-electron chi connectivity index (χ3n) is 7.17. The summed E-state index contributed by atoms with van der Waals surface area (Å²) in [5.41, 5.74) is 0.889. The van der Waals surface area contributed by atoms with E-state index in [9.17, 15) is 9.90 Å². The second kappa shape index (κ2) is 16.5. The molecule has 0 amide bonds. The Morgan fingerprint density at radius 2 is 1.68 bits per heavy atom. The summed E-state index contributed by atoms with van der Waals surface area (Å²) in [4.78, 5) is 14.4. The van der Waals surface area contributed by atoms with Crippen LogP contribution in [-0.4, -0.2) is 62.7 Å². The number of aromatic hydroxyl groups is 1. The van der Waals surface area contributed by atoms with Crippen LogP contribution < -0.4 is 19.6 Å². The van der Waals surface area contributed by atoms with Gasteiger partial charge in [-0.3, -0.25) is 9.69 Å². The van der Waals surface area contributed by atoms with Gasteiger partial charge < -0.3 is 28.5 Å². The number of aryl methyl sites for hydroxylation is 1. The Morgan fingerprint density at radius 3 is 2.34 bits per heavy atom. The van der Waals surface area contributed by atoms with Gasteiger partial charge in [-0.2, -0.15) is 0 Å². The molecule has 1 unspecified atom stereocenters. The second-order valence-corrected chi connectivity index (χ2v) is 10.6. The molecule has 2 aromatic carbocycles. The number of phenolic OH excluding ortho intramolecular Hbond substituents is 1. The molecule has 3 aromatic rings. The van der Waals surface area contributed by atoms with E-state index in [0.717, 1.165) is 83.2 Å². The van der Waals surface area contributed by atoms with Gasteiger partial charge in [-0.25, -0.2) is 0 Å². The van der Waals surface area contributed by atoms with E-state index in [1.807, 2.05) is 24.3 Å². The first-order valence-corrected chi connectivity index (χ1v) is 14.5. The average molecular weight is 590 g/mol. The van der Waals surface area contributed by atoms with Crippen molar-refractivity contribution in [2.45, 2.75) is 52.9 Å². The first-order valence-electron chi connectivity index (χ1n) is 14.5. The van der Waals surface area contributed by atoms with E-state index >= 15 is 0 Å². The predicted octanol–water partition coefficient (Wildman–Crippen LogP) is 6.16. The fraction of sp³-hybridized carbons (Fsp3) is 0.531. The van der Waals surface area contributed by atoms with Gasteiger partial charge in [0.05, 0.1) is 33.0 Å². The molecule has 0 spiro atoms. The van der Waals surface area contributed by atoms with Crippen molar-refractivity contribution in [1.29, 1.82) is 0 Å². The fourth-order valence-corrected chi connectivity index (χ4v) is 4.79. The van der Waals surface area contributed by atoms with Gasteiger partial charge in [0, 0.05) is 37.3 Å². The van der Waals surface area contributed by atoms with Gasteiger partial charge in [0.15, 0.2) is 5.43 Å². The van der Waals surface area contributed by atoms with Crippen LogP contribution in [-0.2, 0) is 11.2 Å². The lowest BCUT2D eigenvalue weighted by Crippen LogP contribution is -2.37. The number of ether oxygens (including phenoxy) is 4. The van der Waals surface area contributed by atoms with E-state index in [1.165, 1.54) is 6.07 Å². The number of unbranched alkanes of at least 4 members (excludes halogenated alkanes) is 1. The van der Waals surface area contributed by atoms with Crippen LogP contribution in [0.1, 0.15) is 50.9 Å². The smallest absolute Gasteiger partial charge is 0.196 e. The van der Waals surface area contributed by atoms with Gasteiger partial charge >= 0.3 is 0 Å². The number of hydrogen-bond acceptors (Lipinski definition) is 8. The molecular weight excluding hydrogens is 546 g/mol. The monoisotopic (exact) mass is 589 g/mol. The first-order chi connectivity index (χ1) is 19.4. The molecule has 0 saturated carbocycles. The van der Waals surface area contributed by atoms with E-state index < -0.39 is 0 Å². The average Bonchev–Trinajstić information content (AvgIpc) is 3.14. The maximum absolute atomic E-state index is 12.0. The van der Waals surface area contributed by atoms with E-state index in [1.54, 1.807) is 13.0 Å². The van der Waals surface area contributed by atoms with Crippen molar-refractivity contribution in [2.24, 2.45) is 5.92 Å². The molecule has 3 heterocycles. The number of halogens is 1. The minimum absolute atomic E-state index is 0. The van der Waals surface area contributed by atoms with Gasteiger partial charge in [0.1, 0.15) is 39.7 Å². The molecule has 0 radical (unpaired) electrons. The number of nitrogens with zero attached hydrogens (tertiary/aromatic N) is 1. The van der Waals surface area contributed by atoms with Crippen LogP contribution in [0.4, 0.5) is 0 Å². The minimum Gasteiger partial charge on any atom is -0.507 e. The lowest BCUT2D eigenvalue weighted by molar-refractivity contribution is 0.0358. The number of fused-ring (bicyclic) bond motifs is 2.